The topological polar surface area (TPSA) is 79.3 Å². The van der Waals surface area contributed by atoms with Crippen molar-refractivity contribution in [2.75, 3.05) is 24.8 Å². The smallest absolute Gasteiger partial charge is 0.260 e. The molecule has 106 valence electrons. The highest BCUT2D eigenvalue weighted by atomic mass is 16.5. The minimum Gasteiger partial charge on any atom is -0.497 e. The van der Waals surface area contributed by atoms with Gasteiger partial charge in [0.1, 0.15) is 5.75 Å². The molecule has 0 aliphatic heterocycles. The summed E-state index contributed by atoms with van der Waals surface area (Å²) >= 11 is 0. The van der Waals surface area contributed by atoms with Gasteiger partial charge in [0.15, 0.2) is 0 Å². The zero-order valence-corrected chi connectivity index (χ0v) is 11.8. The molecule has 0 atom stereocenters. The highest BCUT2D eigenvalue weighted by Gasteiger charge is 2.17. The summed E-state index contributed by atoms with van der Waals surface area (Å²) < 4.78 is 5.11. The molecule has 2 rings (SSSR count). The summed E-state index contributed by atoms with van der Waals surface area (Å²) in [6, 6.07) is 13.8. The van der Waals surface area contributed by atoms with Crippen LogP contribution in [0, 0.1) is 11.3 Å². The van der Waals surface area contributed by atoms with Crippen molar-refractivity contribution < 1.29 is 9.53 Å². The van der Waals surface area contributed by atoms with Crippen LogP contribution in [-0.4, -0.2) is 20.1 Å². The van der Waals surface area contributed by atoms with Crippen LogP contribution in [0.1, 0.15) is 15.9 Å². The third kappa shape index (κ3) is 2.95. The van der Waals surface area contributed by atoms with E-state index in [9.17, 15) is 4.79 Å². The summed E-state index contributed by atoms with van der Waals surface area (Å²) in [7, 11) is 3.16. The van der Waals surface area contributed by atoms with Crippen LogP contribution in [0.5, 0.6) is 5.75 Å². The standard InChI is InChI=1S/C16H15N3O2/c1-19(12-5-3-4-11(8-12)10-17)16(20)14-9-13(21-2)6-7-15(14)18/h3-9H,18H2,1-2H3. The van der Waals surface area contributed by atoms with Gasteiger partial charge in [-0.3, -0.25) is 4.79 Å². The van der Waals surface area contributed by atoms with Crippen molar-refractivity contribution in [3.63, 3.8) is 0 Å². The molecule has 0 aliphatic rings. The maximum atomic E-state index is 12.5. The van der Waals surface area contributed by atoms with Crippen LogP contribution in [0.15, 0.2) is 42.5 Å². The van der Waals surface area contributed by atoms with E-state index in [1.807, 2.05) is 6.07 Å². The highest BCUT2D eigenvalue weighted by molar-refractivity contribution is 6.09. The minimum atomic E-state index is -0.263. The Morgan fingerprint density at radius 2 is 2.05 bits per heavy atom. The maximum absolute atomic E-state index is 12.5. The van der Waals surface area contributed by atoms with Gasteiger partial charge in [0.25, 0.3) is 5.91 Å². The number of hydrogen-bond acceptors (Lipinski definition) is 4. The van der Waals surface area contributed by atoms with E-state index >= 15 is 0 Å². The van der Waals surface area contributed by atoms with Gasteiger partial charge in [-0.2, -0.15) is 5.26 Å². The molecule has 21 heavy (non-hydrogen) atoms. The van der Waals surface area contributed by atoms with Crippen LogP contribution in [0.2, 0.25) is 0 Å². The molecule has 5 heteroatoms. The van der Waals surface area contributed by atoms with Gasteiger partial charge in [0.2, 0.25) is 0 Å². The Labute approximate surface area is 123 Å². The Morgan fingerprint density at radius 3 is 2.71 bits per heavy atom. The summed E-state index contributed by atoms with van der Waals surface area (Å²) in [5.74, 6) is 0.299. The van der Waals surface area contributed by atoms with Gasteiger partial charge in [0.05, 0.1) is 24.3 Å². The summed E-state index contributed by atoms with van der Waals surface area (Å²) in [6.07, 6.45) is 0. The van der Waals surface area contributed by atoms with E-state index in [0.29, 0.717) is 28.3 Å². The lowest BCUT2D eigenvalue weighted by Crippen LogP contribution is -2.27. The van der Waals surface area contributed by atoms with Gasteiger partial charge in [-0.15, -0.1) is 0 Å². The molecule has 5 nitrogen and oxygen atoms in total. The highest BCUT2D eigenvalue weighted by Crippen LogP contribution is 2.23. The third-order valence-corrected chi connectivity index (χ3v) is 3.16. The molecule has 0 heterocycles. The maximum Gasteiger partial charge on any atom is 0.260 e. The van der Waals surface area contributed by atoms with E-state index in [4.69, 9.17) is 15.7 Å². The quantitative estimate of drug-likeness (QED) is 0.876. The Bertz CT molecular complexity index is 720. The fraction of sp³-hybridized carbons (Fsp3) is 0.125. The fourth-order valence-corrected chi connectivity index (χ4v) is 1.93. The van der Waals surface area contributed by atoms with E-state index in [0.717, 1.165) is 0 Å². The Balaban J connectivity index is 2.37. The van der Waals surface area contributed by atoms with E-state index in [-0.39, 0.29) is 5.91 Å². The summed E-state index contributed by atoms with van der Waals surface area (Å²) in [5.41, 5.74) is 7.72. The first-order valence-corrected chi connectivity index (χ1v) is 6.28. The number of hydrogen-bond donors (Lipinski definition) is 1. The van der Waals surface area contributed by atoms with Crippen LogP contribution < -0.4 is 15.4 Å². The molecule has 0 saturated heterocycles. The van der Waals surface area contributed by atoms with Gasteiger partial charge in [-0.25, -0.2) is 0 Å². The zero-order valence-electron chi connectivity index (χ0n) is 11.8. The second-order valence-electron chi connectivity index (χ2n) is 4.48. The number of benzene rings is 2. The molecule has 2 N–H and O–H groups in total. The van der Waals surface area contributed by atoms with Crippen molar-refractivity contribution in [1.82, 2.24) is 0 Å². The SMILES string of the molecule is COc1ccc(N)c(C(=O)N(C)c2cccc(C#N)c2)c1. The molecule has 2 aromatic carbocycles. The van der Waals surface area contributed by atoms with Crippen LogP contribution in [0.25, 0.3) is 0 Å². The van der Waals surface area contributed by atoms with Crippen molar-refractivity contribution in [2.45, 2.75) is 0 Å². The predicted octanol–water partition coefficient (Wildman–Crippen LogP) is 2.43. The largest absolute Gasteiger partial charge is 0.497 e. The Kier molecular flexibility index (Phi) is 4.10. The molecule has 0 spiro atoms. The van der Waals surface area contributed by atoms with Crippen molar-refractivity contribution in [3.8, 4) is 11.8 Å². The predicted molar refractivity (Wildman–Crippen MR) is 81.3 cm³/mol. The van der Waals surface area contributed by atoms with Crippen LogP contribution in [-0.2, 0) is 0 Å². The van der Waals surface area contributed by atoms with Crippen LogP contribution in [0.4, 0.5) is 11.4 Å². The lowest BCUT2D eigenvalue weighted by atomic mass is 10.1. The monoisotopic (exact) mass is 281 g/mol. The Morgan fingerprint density at radius 1 is 1.29 bits per heavy atom. The van der Waals surface area contributed by atoms with Crippen LogP contribution >= 0.6 is 0 Å². The van der Waals surface area contributed by atoms with Crippen molar-refractivity contribution in [3.05, 3.63) is 53.6 Å². The number of anilines is 2. The number of nitrogen functional groups attached to an aromatic ring is 1. The number of nitrogens with two attached hydrogens (primary N) is 1. The first-order chi connectivity index (χ1) is 10.1. The van der Waals surface area contributed by atoms with E-state index in [1.54, 1.807) is 49.5 Å². The minimum absolute atomic E-state index is 0.263. The van der Waals surface area contributed by atoms with Gasteiger partial charge in [-0.1, -0.05) is 6.07 Å². The molecule has 0 unspecified atom stereocenters. The summed E-state index contributed by atoms with van der Waals surface area (Å²) in [4.78, 5) is 14.0. The first-order valence-electron chi connectivity index (χ1n) is 6.28. The zero-order chi connectivity index (χ0) is 15.4. The van der Waals surface area contributed by atoms with E-state index in [2.05, 4.69) is 0 Å². The average molecular weight is 281 g/mol. The molecular weight excluding hydrogens is 266 g/mol. The van der Waals surface area contributed by atoms with Gasteiger partial charge >= 0.3 is 0 Å². The number of ether oxygens (including phenoxy) is 1. The number of rotatable bonds is 3. The van der Waals surface area contributed by atoms with Gasteiger partial charge in [-0.05, 0) is 36.4 Å². The molecule has 0 bridgehead atoms. The number of nitriles is 1. The normalized spacial score (nSPS) is 9.76. The van der Waals surface area contributed by atoms with Crippen LogP contribution in [0.3, 0.4) is 0 Å². The number of methoxy groups -OCH3 is 1. The van der Waals surface area contributed by atoms with Crippen molar-refractivity contribution >= 4 is 17.3 Å². The first kappa shape index (κ1) is 14.4. The fourth-order valence-electron chi connectivity index (χ4n) is 1.93. The van der Waals surface area contributed by atoms with E-state index in [1.165, 1.54) is 12.0 Å². The van der Waals surface area contributed by atoms with Gasteiger partial charge < -0.3 is 15.4 Å². The molecule has 0 radical (unpaired) electrons. The Hall–Kier alpha value is -3.00. The number of carbonyl (C=O) groups excluding carboxylic acids is 1. The second kappa shape index (κ2) is 5.97. The number of amides is 1. The molecular formula is C16H15N3O2. The van der Waals surface area contributed by atoms with E-state index < -0.39 is 0 Å². The second-order valence-corrected chi connectivity index (χ2v) is 4.48. The lowest BCUT2D eigenvalue weighted by molar-refractivity contribution is 0.0993. The molecule has 0 saturated carbocycles. The van der Waals surface area contributed by atoms with Crippen molar-refractivity contribution in [1.29, 1.82) is 5.26 Å². The third-order valence-electron chi connectivity index (χ3n) is 3.16. The lowest BCUT2D eigenvalue weighted by Gasteiger charge is -2.19. The molecule has 2 aromatic rings. The molecule has 0 aromatic heterocycles. The summed E-state index contributed by atoms with van der Waals surface area (Å²) in [5, 5.41) is 8.92. The van der Waals surface area contributed by atoms with Crippen molar-refractivity contribution in [2.24, 2.45) is 0 Å². The number of carbonyl (C=O) groups is 1. The average Bonchev–Trinajstić information content (AvgIpc) is 2.54. The summed E-state index contributed by atoms with van der Waals surface area (Å²) in [6.45, 7) is 0. The van der Waals surface area contributed by atoms with Gasteiger partial charge in [0, 0.05) is 18.4 Å². The molecule has 0 fully saturated rings. The molecule has 0 aliphatic carbocycles. The number of nitrogens with zero attached hydrogens (tertiary/aromatic N) is 2. The molecule has 1 amide bonds.